The summed E-state index contributed by atoms with van der Waals surface area (Å²) in [6.45, 7) is 1.95. The lowest BCUT2D eigenvalue weighted by molar-refractivity contribution is 0.0472. The van der Waals surface area contributed by atoms with Gasteiger partial charge in [0.15, 0.2) is 0 Å². The van der Waals surface area contributed by atoms with E-state index in [9.17, 15) is 10.1 Å². The molecule has 0 N–H and O–H groups in total. The highest BCUT2D eigenvalue weighted by Gasteiger charge is 2.14. The van der Waals surface area contributed by atoms with Crippen molar-refractivity contribution < 1.29 is 9.53 Å². The number of benzene rings is 1. The maximum absolute atomic E-state index is 12.1. The summed E-state index contributed by atoms with van der Waals surface area (Å²) in [5.41, 5.74) is 3.47. The molecule has 0 saturated heterocycles. The first kappa shape index (κ1) is 13.9. The Hall–Kier alpha value is -3.06. The van der Waals surface area contributed by atoms with Crippen LogP contribution in [0.5, 0.6) is 0 Å². The number of pyridine rings is 1. The minimum Gasteiger partial charge on any atom is -0.457 e. The zero-order valence-corrected chi connectivity index (χ0v) is 12.1. The van der Waals surface area contributed by atoms with E-state index in [1.165, 1.54) is 0 Å². The van der Waals surface area contributed by atoms with Gasteiger partial charge in [-0.25, -0.2) is 4.79 Å². The molecule has 0 radical (unpaired) electrons. The molecule has 0 aliphatic carbocycles. The lowest BCUT2D eigenvalue weighted by Gasteiger charge is -2.06. The van der Waals surface area contributed by atoms with Gasteiger partial charge in [-0.1, -0.05) is 24.3 Å². The Morgan fingerprint density at radius 1 is 1.23 bits per heavy atom. The summed E-state index contributed by atoms with van der Waals surface area (Å²) in [7, 11) is 0. The van der Waals surface area contributed by atoms with Crippen molar-refractivity contribution in [2.24, 2.45) is 0 Å². The van der Waals surface area contributed by atoms with Crippen LogP contribution in [0.25, 0.3) is 5.52 Å². The first-order valence-electron chi connectivity index (χ1n) is 6.92. The van der Waals surface area contributed by atoms with Crippen LogP contribution in [0, 0.1) is 18.3 Å². The number of carbonyl (C=O) groups excluding carboxylic acids is 1. The third kappa shape index (κ3) is 2.45. The van der Waals surface area contributed by atoms with Gasteiger partial charge >= 0.3 is 5.97 Å². The highest BCUT2D eigenvalue weighted by Crippen LogP contribution is 2.19. The number of nitriles is 1. The summed E-state index contributed by atoms with van der Waals surface area (Å²) >= 11 is 0. The van der Waals surface area contributed by atoms with Gasteiger partial charge in [0.1, 0.15) is 12.7 Å². The van der Waals surface area contributed by atoms with Crippen LogP contribution in [0.1, 0.15) is 27.0 Å². The molecule has 0 fully saturated rings. The molecule has 4 nitrogen and oxygen atoms in total. The van der Waals surface area contributed by atoms with Crippen molar-refractivity contribution in [3.05, 3.63) is 77.1 Å². The number of ether oxygens (including phenoxy) is 1. The largest absolute Gasteiger partial charge is 0.457 e. The Bertz CT molecular complexity index is 887. The molecule has 0 atom stereocenters. The predicted molar refractivity (Wildman–Crippen MR) is 82.4 cm³/mol. The molecular weight excluding hydrogens is 276 g/mol. The topological polar surface area (TPSA) is 54.5 Å². The zero-order valence-electron chi connectivity index (χ0n) is 12.1. The number of rotatable bonds is 3. The summed E-state index contributed by atoms with van der Waals surface area (Å²) in [4.78, 5) is 12.1. The summed E-state index contributed by atoms with van der Waals surface area (Å²) < 4.78 is 7.22. The van der Waals surface area contributed by atoms with Crippen LogP contribution < -0.4 is 0 Å². The molecule has 0 saturated carbocycles. The molecular formula is C18H14N2O2. The van der Waals surface area contributed by atoms with Crippen molar-refractivity contribution in [2.45, 2.75) is 13.5 Å². The van der Waals surface area contributed by atoms with Gasteiger partial charge in [-0.2, -0.15) is 5.26 Å². The van der Waals surface area contributed by atoms with Crippen molar-refractivity contribution >= 4 is 11.5 Å². The quantitative estimate of drug-likeness (QED) is 0.694. The predicted octanol–water partition coefficient (Wildman–Crippen LogP) is 3.48. The van der Waals surface area contributed by atoms with E-state index in [1.54, 1.807) is 12.1 Å². The molecule has 0 aliphatic rings. The number of carbonyl (C=O) groups is 1. The molecule has 2 heterocycles. The number of hydrogen-bond donors (Lipinski definition) is 0. The number of nitrogens with zero attached hydrogens (tertiary/aromatic N) is 2. The second-order valence-corrected chi connectivity index (χ2v) is 5.03. The second kappa shape index (κ2) is 5.74. The third-order valence-corrected chi connectivity index (χ3v) is 3.60. The highest BCUT2D eigenvalue weighted by molar-refractivity contribution is 5.91. The maximum atomic E-state index is 12.1. The molecule has 0 unspecified atom stereocenters. The molecule has 0 aliphatic heterocycles. The summed E-state index contributed by atoms with van der Waals surface area (Å²) in [6, 6.07) is 15.1. The van der Waals surface area contributed by atoms with E-state index in [0.29, 0.717) is 16.7 Å². The summed E-state index contributed by atoms with van der Waals surface area (Å²) in [6.07, 6.45) is 3.68. The molecule has 3 aromatic rings. The normalized spacial score (nSPS) is 10.4. The fourth-order valence-electron chi connectivity index (χ4n) is 2.44. The van der Waals surface area contributed by atoms with Gasteiger partial charge in [0, 0.05) is 18.0 Å². The number of aryl methyl sites for hydroxylation is 1. The van der Waals surface area contributed by atoms with Gasteiger partial charge in [0.05, 0.1) is 16.6 Å². The van der Waals surface area contributed by atoms with Crippen LogP contribution in [-0.4, -0.2) is 10.4 Å². The number of aromatic nitrogens is 1. The number of hydrogen-bond acceptors (Lipinski definition) is 3. The fourth-order valence-corrected chi connectivity index (χ4v) is 2.44. The lowest BCUT2D eigenvalue weighted by atomic mass is 10.1. The first-order chi connectivity index (χ1) is 10.7. The van der Waals surface area contributed by atoms with Crippen molar-refractivity contribution in [3.8, 4) is 6.07 Å². The molecule has 108 valence electrons. The Kier molecular flexibility index (Phi) is 3.63. The van der Waals surface area contributed by atoms with E-state index >= 15 is 0 Å². The lowest BCUT2D eigenvalue weighted by Crippen LogP contribution is -2.07. The van der Waals surface area contributed by atoms with Crippen molar-refractivity contribution in [3.63, 3.8) is 0 Å². The van der Waals surface area contributed by atoms with Gasteiger partial charge in [0.25, 0.3) is 0 Å². The van der Waals surface area contributed by atoms with Crippen molar-refractivity contribution in [2.75, 3.05) is 0 Å². The summed E-state index contributed by atoms with van der Waals surface area (Å²) in [5.74, 6) is -0.378. The molecule has 3 rings (SSSR count). The Morgan fingerprint density at radius 2 is 2.00 bits per heavy atom. The molecule has 0 spiro atoms. The maximum Gasteiger partial charge on any atom is 0.338 e. The van der Waals surface area contributed by atoms with Crippen LogP contribution in [0.2, 0.25) is 0 Å². The number of esters is 1. The van der Waals surface area contributed by atoms with E-state index < -0.39 is 0 Å². The Labute approximate surface area is 128 Å². The van der Waals surface area contributed by atoms with Crippen LogP contribution in [0.15, 0.2) is 54.9 Å². The smallest absolute Gasteiger partial charge is 0.338 e. The van der Waals surface area contributed by atoms with E-state index in [1.807, 2.05) is 54.0 Å². The average Bonchev–Trinajstić information content (AvgIpc) is 2.90. The molecule has 0 amide bonds. The van der Waals surface area contributed by atoms with Crippen LogP contribution in [0.4, 0.5) is 0 Å². The average molecular weight is 290 g/mol. The molecule has 0 bridgehead atoms. The highest BCUT2D eigenvalue weighted by atomic mass is 16.5. The number of fused-ring (bicyclic) bond motifs is 1. The Balaban J connectivity index is 1.84. The molecule has 2 aromatic heterocycles. The standard InChI is InChI=1S/C18H14N2O2/c1-13-6-2-3-7-15(13)18(21)22-12-14-11-20-9-5-4-8-17(20)16(14)10-19/h2-9,11H,12H2,1H3. The molecule has 22 heavy (non-hydrogen) atoms. The van der Waals surface area contributed by atoms with Gasteiger partial charge in [-0.3, -0.25) is 0 Å². The van der Waals surface area contributed by atoms with Gasteiger partial charge in [0.2, 0.25) is 0 Å². The van der Waals surface area contributed by atoms with E-state index in [4.69, 9.17) is 4.74 Å². The third-order valence-electron chi connectivity index (χ3n) is 3.60. The van der Waals surface area contributed by atoms with Crippen LogP contribution >= 0.6 is 0 Å². The van der Waals surface area contributed by atoms with Gasteiger partial charge in [-0.05, 0) is 30.7 Å². The SMILES string of the molecule is Cc1ccccc1C(=O)OCc1cn2ccccc2c1C#N. The minimum atomic E-state index is -0.378. The van der Waals surface area contributed by atoms with E-state index in [-0.39, 0.29) is 12.6 Å². The van der Waals surface area contributed by atoms with Gasteiger partial charge < -0.3 is 9.14 Å². The van der Waals surface area contributed by atoms with Gasteiger partial charge in [-0.15, -0.1) is 0 Å². The second-order valence-electron chi connectivity index (χ2n) is 5.03. The van der Waals surface area contributed by atoms with Crippen LogP contribution in [-0.2, 0) is 11.3 Å². The first-order valence-corrected chi connectivity index (χ1v) is 6.92. The van der Waals surface area contributed by atoms with Crippen molar-refractivity contribution in [1.82, 2.24) is 4.40 Å². The van der Waals surface area contributed by atoms with Crippen molar-refractivity contribution in [1.29, 1.82) is 5.26 Å². The van der Waals surface area contributed by atoms with E-state index in [0.717, 1.165) is 11.1 Å². The van der Waals surface area contributed by atoms with Crippen LogP contribution in [0.3, 0.4) is 0 Å². The summed E-state index contributed by atoms with van der Waals surface area (Å²) in [5, 5.41) is 9.33. The Morgan fingerprint density at radius 3 is 2.77 bits per heavy atom. The van der Waals surface area contributed by atoms with E-state index in [2.05, 4.69) is 6.07 Å². The zero-order chi connectivity index (χ0) is 15.5. The fraction of sp³-hybridized carbons (Fsp3) is 0.111. The monoisotopic (exact) mass is 290 g/mol. The molecule has 4 heteroatoms. The minimum absolute atomic E-state index is 0.0811. The molecule has 1 aromatic carbocycles.